The van der Waals surface area contributed by atoms with Gasteiger partial charge in [0.1, 0.15) is 0 Å². The van der Waals surface area contributed by atoms with Crippen LogP contribution < -0.4 is 10.1 Å². The van der Waals surface area contributed by atoms with Gasteiger partial charge in [-0.1, -0.05) is 18.5 Å². The molecule has 0 aliphatic heterocycles. The van der Waals surface area contributed by atoms with E-state index >= 15 is 0 Å². The van der Waals surface area contributed by atoms with Crippen molar-refractivity contribution in [1.29, 1.82) is 0 Å². The molecule has 1 aromatic heterocycles. The third-order valence-corrected chi connectivity index (χ3v) is 2.89. The van der Waals surface area contributed by atoms with E-state index in [1.807, 2.05) is 13.0 Å². The molecular formula is C14H23ClN2O3. The Balaban J connectivity index is 2.26. The van der Waals surface area contributed by atoms with Crippen molar-refractivity contribution < 1.29 is 14.2 Å². The highest BCUT2D eigenvalue weighted by atomic mass is 35.5. The summed E-state index contributed by atoms with van der Waals surface area (Å²) in [5.41, 5.74) is 0.808. The van der Waals surface area contributed by atoms with Gasteiger partial charge in [-0.15, -0.1) is 0 Å². The maximum Gasteiger partial charge on any atom is 0.213 e. The Morgan fingerprint density at radius 1 is 1.20 bits per heavy atom. The summed E-state index contributed by atoms with van der Waals surface area (Å²) in [5, 5.41) is 3.85. The van der Waals surface area contributed by atoms with E-state index in [1.165, 1.54) is 0 Å². The number of hydrogen-bond acceptors (Lipinski definition) is 5. The van der Waals surface area contributed by atoms with Crippen LogP contribution in [-0.4, -0.2) is 45.1 Å². The molecule has 5 nitrogen and oxygen atoms in total. The Hall–Kier alpha value is -0.880. The molecule has 0 spiro atoms. The number of hydrogen-bond donors (Lipinski definition) is 1. The highest BCUT2D eigenvalue weighted by Crippen LogP contribution is 2.18. The monoisotopic (exact) mass is 302 g/mol. The average Bonchev–Trinajstić information content (AvgIpc) is 2.46. The maximum atomic E-state index is 6.07. The molecule has 0 saturated heterocycles. The lowest BCUT2D eigenvalue weighted by molar-refractivity contribution is 0.0642. The first-order valence-corrected chi connectivity index (χ1v) is 7.21. The lowest BCUT2D eigenvalue weighted by Gasteiger charge is -2.09. The molecule has 1 rings (SSSR count). The zero-order valence-corrected chi connectivity index (χ0v) is 12.9. The predicted octanol–water partition coefficient (Wildman–Crippen LogP) is 2.28. The predicted molar refractivity (Wildman–Crippen MR) is 79.4 cm³/mol. The summed E-state index contributed by atoms with van der Waals surface area (Å²) in [6.07, 6.45) is 0.816. The summed E-state index contributed by atoms with van der Waals surface area (Å²) in [7, 11) is 1.66. The van der Waals surface area contributed by atoms with Gasteiger partial charge in [-0.05, 0) is 12.6 Å². The molecule has 1 aromatic rings. The molecule has 1 N–H and O–H groups in total. The molecule has 0 atom stereocenters. The molecule has 0 aliphatic carbocycles. The van der Waals surface area contributed by atoms with Crippen LogP contribution >= 0.6 is 11.6 Å². The van der Waals surface area contributed by atoms with E-state index in [2.05, 4.69) is 10.3 Å². The SMILES string of the molecule is CCNCc1nc(OCCCOCCOC)ccc1Cl. The average molecular weight is 303 g/mol. The molecule has 1 heterocycles. The fraction of sp³-hybridized carbons (Fsp3) is 0.643. The van der Waals surface area contributed by atoms with E-state index < -0.39 is 0 Å². The van der Waals surface area contributed by atoms with Crippen LogP contribution in [0.1, 0.15) is 19.0 Å². The van der Waals surface area contributed by atoms with Crippen LogP contribution in [0.4, 0.5) is 0 Å². The molecule has 6 heteroatoms. The fourth-order valence-electron chi connectivity index (χ4n) is 1.49. The Morgan fingerprint density at radius 3 is 2.80 bits per heavy atom. The maximum absolute atomic E-state index is 6.07. The van der Waals surface area contributed by atoms with Gasteiger partial charge in [-0.25, -0.2) is 4.98 Å². The first-order valence-electron chi connectivity index (χ1n) is 6.83. The number of halogens is 1. The van der Waals surface area contributed by atoms with Gasteiger partial charge in [0.05, 0.1) is 30.5 Å². The van der Waals surface area contributed by atoms with Crippen LogP contribution in [0.5, 0.6) is 5.88 Å². The molecular weight excluding hydrogens is 280 g/mol. The van der Waals surface area contributed by atoms with Gasteiger partial charge in [0.15, 0.2) is 0 Å². The van der Waals surface area contributed by atoms with Crippen molar-refractivity contribution in [2.24, 2.45) is 0 Å². The van der Waals surface area contributed by atoms with Crippen LogP contribution in [0, 0.1) is 0 Å². The van der Waals surface area contributed by atoms with Gasteiger partial charge in [0.25, 0.3) is 0 Å². The first-order chi connectivity index (χ1) is 9.77. The van der Waals surface area contributed by atoms with E-state index in [4.69, 9.17) is 25.8 Å². The van der Waals surface area contributed by atoms with Gasteiger partial charge in [0, 0.05) is 32.7 Å². The summed E-state index contributed by atoms with van der Waals surface area (Å²) in [5.74, 6) is 0.596. The molecule has 0 saturated carbocycles. The summed E-state index contributed by atoms with van der Waals surface area (Å²) < 4.78 is 15.8. The molecule has 0 aliphatic rings. The van der Waals surface area contributed by atoms with Crippen LogP contribution in [0.25, 0.3) is 0 Å². The number of rotatable bonds is 11. The van der Waals surface area contributed by atoms with E-state index in [9.17, 15) is 0 Å². The lowest BCUT2D eigenvalue weighted by atomic mass is 10.3. The Bertz CT molecular complexity index is 377. The Labute approximate surface area is 125 Å². The van der Waals surface area contributed by atoms with E-state index in [-0.39, 0.29) is 0 Å². The lowest BCUT2D eigenvalue weighted by Crippen LogP contribution is -2.14. The number of ether oxygens (including phenoxy) is 3. The van der Waals surface area contributed by atoms with Crippen LogP contribution in [-0.2, 0) is 16.0 Å². The van der Waals surface area contributed by atoms with E-state index in [0.717, 1.165) is 18.7 Å². The zero-order valence-electron chi connectivity index (χ0n) is 12.2. The van der Waals surface area contributed by atoms with Crippen molar-refractivity contribution in [2.75, 3.05) is 40.1 Å². The van der Waals surface area contributed by atoms with Gasteiger partial charge in [-0.2, -0.15) is 0 Å². The molecule has 20 heavy (non-hydrogen) atoms. The smallest absolute Gasteiger partial charge is 0.213 e. The number of nitrogens with one attached hydrogen (secondary N) is 1. The van der Waals surface area contributed by atoms with Crippen LogP contribution in [0.15, 0.2) is 12.1 Å². The second-order valence-electron chi connectivity index (χ2n) is 4.17. The Morgan fingerprint density at radius 2 is 2.05 bits per heavy atom. The number of pyridine rings is 1. The molecule has 0 amide bonds. The van der Waals surface area contributed by atoms with Crippen molar-refractivity contribution >= 4 is 11.6 Å². The normalized spacial score (nSPS) is 10.8. The number of aromatic nitrogens is 1. The van der Waals surface area contributed by atoms with Crippen LogP contribution in [0.2, 0.25) is 5.02 Å². The first kappa shape index (κ1) is 17.2. The number of methoxy groups -OCH3 is 1. The van der Waals surface area contributed by atoms with Crippen molar-refractivity contribution in [3.63, 3.8) is 0 Å². The summed E-state index contributed by atoms with van der Waals surface area (Å²) >= 11 is 6.07. The quantitative estimate of drug-likeness (QED) is 0.636. The standard InChI is InChI=1S/C14H23ClN2O3/c1-3-16-11-13-12(15)5-6-14(17-13)20-8-4-7-19-10-9-18-2/h5-6,16H,3-4,7-11H2,1-2H3. The van der Waals surface area contributed by atoms with Crippen molar-refractivity contribution in [3.05, 3.63) is 22.8 Å². The van der Waals surface area contributed by atoms with Crippen molar-refractivity contribution in [3.8, 4) is 5.88 Å². The Kier molecular flexibility index (Phi) is 9.32. The van der Waals surface area contributed by atoms with Gasteiger partial charge < -0.3 is 19.5 Å². The molecule has 114 valence electrons. The highest BCUT2D eigenvalue weighted by molar-refractivity contribution is 6.31. The zero-order chi connectivity index (χ0) is 14.6. The minimum absolute atomic E-state index is 0.572. The molecule has 0 unspecified atom stereocenters. The summed E-state index contributed by atoms with van der Waals surface area (Å²) in [4.78, 5) is 4.38. The van der Waals surface area contributed by atoms with E-state index in [0.29, 0.717) is 43.9 Å². The topological polar surface area (TPSA) is 52.6 Å². The summed E-state index contributed by atoms with van der Waals surface area (Å²) in [6, 6.07) is 3.59. The van der Waals surface area contributed by atoms with Crippen LogP contribution in [0.3, 0.4) is 0 Å². The van der Waals surface area contributed by atoms with Crippen molar-refractivity contribution in [2.45, 2.75) is 19.9 Å². The second kappa shape index (κ2) is 10.9. The number of nitrogens with zero attached hydrogens (tertiary/aromatic N) is 1. The molecule has 0 aromatic carbocycles. The van der Waals surface area contributed by atoms with E-state index in [1.54, 1.807) is 13.2 Å². The van der Waals surface area contributed by atoms with Gasteiger partial charge >= 0.3 is 0 Å². The second-order valence-corrected chi connectivity index (χ2v) is 4.57. The minimum atomic E-state index is 0.572. The highest BCUT2D eigenvalue weighted by Gasteiger charge is 2.04. The third kappa shape index (κ3) is 7.05. The molecule has 0 radical (unpaired) electrons. The largest absolute Gasteiger partial charge is 0.478 e. The minimum Gasteiger partial charge on any atom is -0.478 e. The van der Waals surface area contributed by atoms with Crippen molar-refractivity contribution in [1.82, 2.24) is 10.3 Å². The fourth-order valence-corrected chi connectivity index (χ4v) is 1.67. The molecule has 0 bridgehead atoms. The third-order valence-electron chi connectivity index (χ3n) is 2.55. The summed E-state index contributed by atoms with van der Waals surface area (Å²) in [6.45, 7) is 6.02. The van der Waals surface area contributed by atoms with Gasteiger partial charge in [-0.3, -0.25) is 0 Å². The molecule has 0 fully saturated rings. The van der Waals surface area contributed by atoms with Gasteiger partial charge in [0.2, 0.25) is 5.88 Å².